The standard InChI is InChI=1S/C20H17FO5/c1-20(2)25-18(22)16(19(23)26-20)11-14-5-3-4-6-17(14)24-12-13-7-9-15(21)10-8-13/h3-11H,12H2,1-2H3. The van der Waals surface area contributed by atoms with Gasteiger partial charge in [-0.05, 0) is 29.8 Å². The third kappa shape index (κ3) is 4.08. The number of carbonyl (C=O) groups is 2. The predicted molar refractivity (Wildman–Crippen MR) is 91.4 cm³/mol. The Hall–Kier alpha value is -3.15. The van der Waals surface area contributed by atoms with Gasteiger partial charge in [0.25, 0.3) is 5.79 Å². The first-order valence-corrected chi connectivity index (χ1v) is 7.99. The van der Waals surface area contributed by atoms with Crippen LogP contribution in [0.25, 0.3) is 6.08 Å². The van der Waals surface area contributed by atoms with Crippen LogP contribution in [-0.4, -0.2) is 17.7 Å². The van der Waals surface area contributed by atoms with E-state index >= 15 is 0 Å². The van der Waals surface area contributed by atoms with E-state index in [2.05, 4.69) is 0 Å². The Labute approximate surface area is 150 Å². The van der Waals surface area contributed by atoms with Crippen LogP contribution in [0.5, 0.6) is 5.75 Å². The van der Waals surface area contributed by atoms with Crippen molar-refractivity contribution in [3.63, 3.8) is 0 Å². The van der Waals surface area contributed by atoms with Crippen molar-refractivity contribution in [1.29, 1.82) is 0 Å². The zero-order valence-electron chi connectivity index (χ0n) is 14.3. The van der Waals surface area contributed by atoms with E-state index in [0.717, 1.165) is 5.56 Å². The summed E-state index contributed by atoms with van der Waals surface area (Å²) in [5, 5.41) is 0. The molecule has 3 rings (SSSR count). The average Bonchev–Trinajstić information content (AvgIpc) is 2.58. The summed E-state index contributed by atoms with van der Waals surface area (Å²) in [5.41, 5.74) is 1.10. The Morgan fingerprint density at radius 2 is 1.62 bits per heavy atom. The predicted octanol–water partition coefficient (Wildman–Crippen LogP) is 3.62. The molecule has 2 aromatic rings. The van der Waals surface area contributed by atoms with Gasteiger partial charge in [-0.25, -0.2) is 14.0 Å². The third-order valence-electron chi connectivity index (χ3n) is 3.64. The lowest BCUT2D eigenvalue weighted by atomic mass is 10.1. The minimum absolute atomic E-state index is 0.206. The molecular weight excluding hydrogens is 339 g/mol. The molecule has 0 N–H and O–H groups in total. The first-order chi connectivity index (χ1) is 12.3. The van der Waals surface area contributed by atoms with Gasteiger partial charge in [0.05, 0.1) is 0 Å². The molecule has 134 valence electrons. The monoisotopic (exact) mass is 356 g/mol. The van der Waals surface area contributed by atoms with Crippen molar-refractivity contribution in [1.82, 2.24) is 0 Å². The van der Waals surface area contributed by atoms with Crippen LogP contribution in [0.3, 0.4) is 0 Å². The molecule has 1 heterocycles. The van der Waals surface area contributed by atoms with Crippen LogP contribution < -0.4 is 4.74 Å². The van der Waals surface area contributed by atoms with Gasteiger partial charge in [0.15, 0.2) is 0 Å². The maximum atomic E-state index is 13.0. The van der Waals surface area contributed by atoms with Gasteiger partial charge in [0.2, 0.25) is 0 Å². The first-order valence-electron chi connectivity index (χ1n) is 7.99. The molecule has 1 fully saturated rings. The van der Waals surface area contributed by atoms with Crippen molar-refractivity contribution in [3.8, 4) is 5.75 Å². The highest BCUT2D eigenvalue weighted by Gasteiger charge is 2.38. The Morgan fingerprint density at radius 1 is 1.00 bits per heavy atom. The molecule has 0 amide bonds. The third-order valence-corrected chi connectivity index (χ3v) is 3.64. The summed E-state index contributed by atoms with van der Waals surface area (Å²) in [7, 11) is 0. The quantitative estimate of drug-likeness (QED) is 0.476. The lowest BCUT2D eigenvalue weighted by molar-refractivity contribution is -0.222. The van der Waals surface area contributed by atoms with Gasteiger partial charge in [-0.3, -0.25) is 0 Å². The second kappa shape index (κ2) is 7.00. The maximum absolute atomic E-state index is 13.0. The minimum Gasteiger partial charge on any atom is -0.488 e. The van der Waals surface area contributed by atoms with Crippen LogP contribution in [0.15, 0.2) is 54.1 Å². The number of hydrogen-bond acceptors (Lipinski definition) is 5. The molecule has 1 aliphatic heterocycles. The molecule has 0 aliphatic carbocycles. The molecule has 0 saturated carbocycles. The van der Waals surface area contributed by atoms with Crippen molar-refractivity contribution in [2.45, 2.75) is 26.2 Å². The van der Waals surface area contributed by atoms with E-state index in [1.165, 1.54) is 32.1 Å². The number of benzene rings is 2. The van der Waals surface area contributed by atoms with E-state index in [1.54, 1.807) is 36.4 Å². The summed E-state index contributed by atoms with van der Waals surface area (Å²) in [4.78, 5) is 24.2. The van der Waals surface area contributed by atoms with Crippen molar-refractivity contribution in [2.75, 3.05) is 0 Å². The Balaban J connectivity index is 1.82. The normalized spacial score (nSPS) is 15.9. The number of cyclic esters (lactones) is 2. The van der Waals surface area contributed by atoms with Crippen LogP contribution in [0.4, 0.5) is 4.39 Å². The minimum atomic E-state index is -1.29. The second-order valence-electron chi connectivity index (χ2n) is 6.19. The van der Waals surface area contributed by atoms with Gasteiger partial charge in [-0.2, -0.15) is 0 Å². The van der Waals surface area contributed by atoms with Crippen LogP contribution in [0, 0.1) is 5.82 Å². The van der Waals surface area contributed by atoms with E-state index < -0.39 is 17.7 Å². The van der Waals surface area contributed by atoms with Crippen LogP contribution in [0.1, 0.15) is 25.0 Å². The molecular formula is C20H17FO5. The lowest BCUT2D eigenvalue weighted by Gasteiger charge is -2.29. The lowest BCUT2D eigenvalue weighted by Crippen LogP contribution is -2.41. The number of ether oxygens (including phenoxy) is 3. The van der Waals surface area contributed by atoms with E-state index in [9.17, 15) is 14.0 Å². The summed E-state index contributed by atoms with van der Waals surface area (Å²) >= 11 is 0. The molecule has 0 atom stereocenters. The number of para-hydroxylation sites is 1. The summed E-state index contributed by atoms with van der Waals surface area (Å²) in [6, 6.07) is 12.9. The summed E-state index contributed by atoms with van der Waals surface area (Å²) in [6.45, 7) is 3.18. The molecule has 0 aromatic heterocycles. The number of rotatable bonds is 4. The van der Waals surface area contributed by atoms with Gasteiger partial charge in [0.1, 0.15) is 23.7 Å². The fraction of sp³-hybridized carbons (Fsp3) is 0.200. The first kappa shape index (κ1) is 17.7. The van der Waals surface area contributed by atoms with Gasteiger partial charge < -0.3 is 14.2 Å². The number of carbonyl (C=O) groups excluding carboxylic acids is 2. The SMILES string of the molecule is CC1(C)OC(=O)C(=Cc2ccccc2OCc2ccc(F)cc2)C(=O)O1. The van der Waals surface area contributed by atoms with E-state index in [0.29, 0.717) is 11.3 Å². The molecule has 2 aromatic carbocycles. The Bertz CT molecular complexity index is 846. The second-order valence-corrected chi connectivity index (χ2v) is 6.19. The molecule has 6 heteroatoms. The summed E-state index contributed by atoms with van der Waals surface area (Å²) in [5.74, 6) is -2.64. The van der Waals surface area contributed by atoms with Crippen molar-refractivity contribution < 1.29 is 28.2 Å². The smallest absolute Gasteiger partial charge is 0.348 e. The summed E-state index contributed by atoms with van der Waals surface area (Å²) < 4.78 is 28.9. The Kier molecular flexibility index (Phi) is 4.75. The van der Waals surface area contributed by atoms with Gasteiger partial charge in [-0.1, -0.05) is 30.3 Å². The summed E-state index contributed by atoms with van der Waals surface area (Å²) in [6.07, 6.45) is 1.37. The van der Waals surface area contributed by atoms with Crippen LogP contribution >= 0.6 is 0 Å². The van der Waals surface area contributed by atoms with Gasteiger partial charge >= 0.3 is 11.9 Å². The molecule has 1 aliphatic rings. The molecule has 0 radical (unpaired) electrons. The van der Waals surface area contributed by atoms with E-state index in [4.69, 9.17) is 14.2 Å². The van der Waals surface area contributed by atoms with E-state index in [1.807, 2.05) is 0 Å². The van der Waals surface area contributed by atoms with Crippen molar-refractivity contribution in [2.24, 2.45) is 0 Å². The molecule has 0 spiro atoms. The number of hydrogen-bond donors (Lipinski definition) is 0. The Morgan fingerprint density at radius 3 is 2.27 bits per heavy atom. The zero-order chi connectivity index (χ0) is 18.7. The maximum Gasteiger partial charge on any atom is 0.348 e. The molecule has 1 saturated heterocycles. The van der Waals surface area contributed by atoms with Gasteiger partial charge in [0, 0.05) is 19.4 Å². The largest absolute Gasteiger partial charge is 0.488 e. The van der Waals surface area contributed by atoms with Crippen LogP contribution in [-0.2, 0) is 25.7 Å². The number of halogens is 1. The van der Waals surface area contributed by atoms with Crippen molar-refractivity contribution >= 4 is 18.0 Å². The number of esters is 2. The van der Waals surface area contributed by atoms with E-state index in [-0.39, 0.29) is 18.0 Å². The average molecular weight is 356 g/mol. The molecule has 5 nitrogen and oxygen atoms in total. The highest BCUT2D eigenvalue weighted by molar-refractivity contribution is 6.19. The van der Waals surface area contributed by atoms with Gasteiger partial charge in [-0.15, -0.1) is 0 Å². The highest BCUT2D eigenvalue weighted by atomic mass is 19.1. The molecule has 26 heavy (non-hydrogen) atoms. The van der Waals surface area contributed by atoms with Crippen molar-refractivity contribution in [3.05, 3.63) is 71.0 Å². The topological polar surface area (TPSA) is 61.8 Å². The fourth-order valence-electron chi connectivity index (χ4n) is 2.41. The zero-order valence-corrected chi connectivity index (χ0v) is 14.3. The highest BCUT2D eigenvalue weighted by Crippen LogP contribution is 2.27. The molecule has 0 unspecified atom stereocenters. The molecule has 0 bridgehead atoms. The van der Waals surface area contributed by atoms with Crippen LogP contribution in [0.2, 0.25) is 0 Å². The fourth-order valence-corrected chi connectivity index (χ4v) is 2.41.